The second kappa shape index (κ2) is 8.27. The zero-order valence-corrected chi connectivity index (χ0v) is 18.0. The molecule has 1 fully saturated rings. The van der Waals surface area contributed by atoms with Crippen molar-refractivity contribution in [1.82, 2.24) is 9.97 Å². The Bertz CT molecular complexity index is 1310. The lowest BCUT2D eigenvalue weighted by Gasteiger charge is -2.36. The minimum Gasteiger partial charge on any atom is -0.389 e. The number of benzene rings is 1. The SMILES string of the molecule is Cc1ccc(F)cc1-c1cc(NS(=O)(=O)c2ccnc(N3CC(O)C3)c2)ncc1C(F)(F)F. The Morgan fingerprint density at radius 1 is 1.09 bits per heavy atom. The van der Waals surface area contributed by atoms with Crippen molar-refractivity contribution in [1.29, 1.82) is 0 Å². The first-order valence-electron chi connectivity index (χ1n) is 9.70. The van der Waals surface area contributed by atoms with Crippen LogP contribution in [0.2, 0.25) is 0 Å². The van der Waals surface area contributed by atoms with E-state index in [-0.39, 0.29) is 16.3 Å². The van der Waals surface area contributed by atoms with Gasteiger partial charge in [-0.05, 0) is 47.9 Å². The van der Waals surface area contributed by atoms with Gasteiger partial charge in [0.05, 0.1) is 16.6 Å². The maximum Gasteiger partial charge on any atom is 0.418 e. The molecule has 2 aromatic heterocycles. The van der Waals surface area contributed by atoms with Crippen LogP contribution in [0, 0.1) is 12.7 Å². The molecule has 4 rings (SSSR count). The molecule has 1 saturated heterocycles. The normalized spacial score (nSPS) is 14.8. The zero-order chi connectivity index (χ0) is 24.0. The van der Waals surface area contributed by atoms with Gasteiger partial charge in [0.15, 0.2) is 0 Å². The highest BCUT2D eigenvalue weighted by molar-refractivity contribution is 7.92. The van der Waals surface area contributed by atoms with E-state index in [4.69, 9.17) is 0 Å². The van der Waals surface area contributed by atoms with Crippen molar-refractivity contribution >= 4 is 21.7 Å². The number of aryl methyl sites for hydroxylation is 1. The van der Waals surface area contributed by atoms with Gasteiger partial charge in [0.1, 0.15) is 17.5 Å². The molecular formula is C21H18F4N4O3S. The van der Waals surface area contributed by atoms with E-state index in [9.17, 15) is 31.1 Å². The fraction of sp³-hybridized carbons (Fsp3) is 0.238. The Morgan fingerprint density at radius 2 is 1.82 bits per heavy atom. The lowest BCUT2D eigenvalue weighted by Crippen LogP contribution is -2.51. The largest absolute Gasteiger partial charge is 0.418 e. The van der Waals surface area contributed by atoms with Crippen molar-refractivity contribution in [2.75, 3.05) is 22.7 Å². The highest BCUT2D eigenvalue weighted by atomic mass is 32.2. The number of aromatic nitrogens is 2. The number of nitrogens with one attached hydrogen (secondary N) is 1. The molecule has 1 aliphatic rings. The number of sulfonamides is 1. The summed E-state index contributed by atoms with van der Waals surface area (Å²) in [5.74, 6) is -0.762. The Hall–Kier alpha value is -3.25. The van der Waals surface area contributed by atoms with Crippen LogP contribution < -0.4 is 9.62 Å². The Balaban J connectivity index is 1.71. The molecule has 2 N–H and O–H groups in total. The monoisotopic (exact) mass is 482 g/mol. The number of aliphatic hydroxyl groups excluding tert-OH is 1. The van der Waals surface area contributed by atoms with Crippen LogP contribution >= 0.6 is 0 Å². The summed E-state index contributed by atoms with van der Waals surface area (Å²) in [4.78, 5) is 9.19. The molecule has 3 heterocycles. The van der Waals surface area contributed by atoms with Crippen molar-refractivity contribution in [3.63, 3.8) is 0 Å². The summed E-state index contributed by atoms with van der Waals surface area (Å²) in [5, 5.41) is 9.43. The van der Waals surface area contributed by atoms with E-state index < -0.39 is 39.2 Å². The van der Waals surface area contributed by atoms with Crippen LogP contribution in [0.25, 0.3) is 11.1 Å². The summed E-state index contributed by atoms with van der Waals surface area (Å²) in [6.07, 6.45) is -3.53. The first kappa shape index (κ1) is 22.9. The Morgan fingerprint density at radius 3 is 2.48 bits per heavy atom. The molecule has 0 aliphatic carbocycles. The lowest BCUT2D eigenvalue weighted by molar-refractivity contribution is -0.137. The predicted molar refractivity (Wildman–Crippen MR) is 113 cm³/mol. The maximum atomic E-state index is 13.8. The number of hydrogen-bond acceptors (Lipinski definition) is 6. The smallest absolute Gasteiger partial charge is 0.389 e. The molecule has 0 atom stereocenters. The number of halogens is 4. The van der Waals surface area contributed by atoms with E-state index in [2.05, 4.69) is 14.7 Å². The average Bonchev–Trinajstić information content (AvgIpc) is 2.72. The molecule has 1 aliphatic heterocycles. The first-order chi connectivity index (χ1) is 15.4. The number of nitrogens with zero attached hydrogens (tertiary/aromatic N) is 3. The molecule has 174 valence electrons. The van der Waals surface area contributed by atoms with Crippen LogP contribution in [0.3, 0.4) is 0 Å². The summed E-state index contributed by atoms with van der Waals surface area (Å²) >= 11 is 0. The second-order valence-electron chi connectivity index (χ2n) is 7.59. The fourth-order valence-electron chi connectivity index (χ4n) is 3.42. The van der Waals surface area contributed by atoms with E-state index in [1.54, 1.807) is 4.90 Å². The molecule has 0 amide bonds. The van der Waals surface area contributed by atoms with Crippen LogP contribution in [0.4, 0.5) is 29.2 Å². The van der Waals surface area contributed by atoms with Gasteiger partial charge in [-0.25, -0.2) is 22.8 Å². The number of hydrogen-bond donors (Lipinski definition) is 2. The van der Waals surface area contributed by atoms with E-state index in [0.717, 1.165) is 18.2 Å². The summed E-state index contributed by atoms with van der Waals surface area (Å²) in [6, 6.07) is 6.85. The molecular weight excluding hydrogens is 464 g/mol. The van der Waals surface area contributed by atoms with Gasteiger partial charge in [-0.3, -0.25) is 4.72 Å². The van der Waals surface area contributed by atoms with Gasteiger partial charge < -0.3 is 10.0 Å². The number of rotatable bonds is 5. The molecule has 7 nitrogen and oxygen atoms in total. The minimum atomic E-state index is -4.79. The quantitative estimate of drug-likeness (QED) is 0.540. The number of aliphatic hydroxyl groups is 1. The van der Waals surface area contributed by atoms with Crippen LogP contribution in [0.1, 0.15) is 11.1 Å². The molecule has 1 aromatic carbocycles. The molecule has 0 bridgehead atoms. The third-order valence-electron chi connectivity index (χ3n) is 5.15. The molecule has 0 unspecified atom stereocenters. The topological polar surface area (TPSA) is 95.4 Å². The van der Waals surface area contributed by atoms with Gasteiger partial charge in [0, 0.05) is 31.5 Å². The van der Waals surface area contributed by atoms with Gasteiger partial charge in [0.2, 0.25) is 0 Å². The molecule has 3 aromatic rings. The third kappa shape index (κ3) is 4.76. The zero-order valence-electron chi connectivity index (χ0n) is 17.1. The Kier molecular flexibility index (Phi) is 5.74. The van der Waals surface area contributed by atoms with Crippen molar-refractivity contribution in [3.8, 4) is 11.1 Å². The molecule has 33 heavy (non-hydrogen) atoms. The van der Waals surface area contributed by atoms with Gasteiger partial charge in [-0.15, -0.1) is 0 Å². The lowest BCUT2D eigenvalue weighted by atomic mass is 9.97. The van der Waals surface area contributed by atoms with Crippen molar-refractivity contribution in [3.05, 3.63) is 65.7 Å². The van der Waals surface area contributed by atoms with Crippen molar-refractivity contribution in [2.24, 2.45) is 0 Å². The predicted octanol–water partition coefficient (Wildman–Crippen LogP) is 3.59. The molecule has 0 spiro atoms. The van der Waals surface area contributed by atoms with Crippen LogP contribution in [-0.4, -0.2) is 42.7 Å². The van der Waals surface area contributed by atoms with Crippen LogP contribution in [0.5, 0.6) is 0 Å². The highest BCUT2D eigenvalue weighted by Gasteiger charge is 2.35. The second-order valence-corrected chi connectivity index (χ2v) is 9.27. The minimum absolute atomic E-state index is 0.0345. The van der Waals surface area contributed by atoms with E-state index in [1.165, 1.54) is 31.3 Å². The van der Waals surface area contributed by atoms with E-state index in [0.29, 0.717) is 30.7 Å². The summed E-state index contributed by atoms with van der Waals surface area (Å²) in [7, 11) is -4.23. The van der Waals surface area contributed by atoms with Gasteiger partial charge in [-0.2, -0.15) is 13.2 Å². The highest BCUT2D eigenvalue weighted by Crippen LogP contribution is 2.39. The molecule has 0 radical (unpaired) electrons. The van der Waals surface area contributed by atoms with Crippen molar-refractivity contribution < 1.29 is 31.1 Å². The van der Waals surface area contributed by atoms with E-state index >= 15 is 0 Å². The summed E-state index contributed by atoms with van der Waals surface area (Å²) in [6.45, 7) is 2.13. The average molecular weight is 482 g/mol. The number of β-amino-alcohol motifs (C(OH)–C–C–N with tert-alkyl or cyclic N) is 1. The maximum absolute atomic E-state index is 13.8. The molecule has 0 saturated carbocycles. The van der Waals surface area contributed by atoms with Crippen LogP contribution in [-0.2, 0) is 16.2 Å². The number of anilines is 2. The fourth-order valence-corrected chi connectivity index (χ4v) is 4.43. The third-order valence-corrected chi connectivity index (χ3v) is 6.50. The number of pyridine rings is 2. The Labute approximate surface area is 186 Å². The summed E-state index contributed by atoms with van der Waals surface area (Å²) in [5.41, 5.74) is -1.19. The van der Waals surface area contributed by atoms with Crippen molar-refractivity contribution in [2.45, 2.75) is 24.1 Å². The number of alkyl halides is 3. The molecule has 12 heteroatoms. The van der Waals surface area contributed by atoms with Gasteiger partial charge in [-0.1, -0.05) is 6.07 Å². The van der Waals surface area contributed by atoms with Gasteiger partial charge in [0.25, 0.3) is 10.0 Å². The summed E-state index contributed by atoms with van der Waals surface area (Å²) < 4.78 is 82.4. The van der Waals surface area contributed by atoms with Gasteiger partial charge >= 0.3 is 6.18 Å². The van der Waals surface area contributed by atoms with E-state index in [1.807, 2.05) is 0 Å². The van der Waals surface area contributed by atoms with Crippen LogP contribution in [0.15, 0.2) is 53.7 Å². The first-order valence-corrected chi connectivity index (χ1v) is 11.2. The standard InChI is InChI=1S/C21H18F4N4O3S/c1-12-2-3-13(22)6-16(12)17-8-19(27-9-18(17)21(23,24)25)28-33(31,32)15-4-5-26-20(7-15)29-10-14(30)11-29/h2-9,14,30H,10-11H2,1H3,(H,27,28).